The van der Waals surface area contributed by atoms with Crippen LogP contribution in [0.4, 0.5) is 0 Å². The Morgan fingerprint density at radius 1 is 1.35 bits per heavy atom. The number of hydrogen-bond acceptors (Lipinski definition) is 3. The van der Waals surface area contributed by atoms with E-state index in [4.69, 9.17) is 5.11 Å². The van der Waals surface area contributed by atoms with Crippen molar-refractivity contribution in [1.29, 1.82) is 0 Å². The van der Waals surface area contributed by atoms with Crippen LogP contribution in [0, 0.1) is 17.8 Å². The highest BCUT2D eigenvalue weighted by Gasteiger charge is 2.43. The summed E-state index contributed by atoms with van der Waals surface area (Å²) in [5.41, 5.74) is 0. The van der Waals surface area contributed by atoms with E-state index in [1.165, 1.54) is 25.9 Å². The van der Waals surface area contributed by atoms with Crippen molar-refractivity contribution in [1.82, 2.24) is 9.80 Å². The van der Waals surface area contributed by atoms with Gasteiger partial charge in [0.05, 0.1) is 5.92 Å². The first kappa shape index (κ1) is 12.8. The van der Waals surface area contributed by atoms with Crippen molar-refractivity contribution in [2.24, 2.45) is 17.8 Å². The summed E-state index contributed by atoms with van der Waals surface area (Å²) in [5.74, 6) is 0.541. The van der Waals surface area contributed by atoms with E-state index in [-0.39, 0.29) is 5.92 Å². The Morgan fingerprint density at radius 3 is 2.53 bits per heavy atom. The predicted octanol–water partition coefficient (Wildman–Crippen LogP) is 0.981. The number of carbonyl (C=O) groups is 1. The van der Waals surface area contributed by atoms with Crippen molar-refractivity contribution in [3.05, 3.63) is 0 Å². The first-order valence-corrected chi connectivity index (χ1v) is 6.66. The molecule has 98 valence electrons. The SMILES string of the molecule is CN1CCC(CN(C)CC2CC2C(=O)O)CC1. The average Bonchev–Trinajstić information content (AvgIpc) is 3.01. The minimum Gasteiger partial charge on any atom is -0.481 e. The lowest BCUT2D eigenvalue weighted by molar-refractivity contribution is -0.138. The number of hydrogen-bond donors (Lipinski definition) is 1. The maximum absolute atomic E-state index is 10.8. The van der Waals surface area contributed by atoms with E-state index in [1.54, 1.807) is 0 Å². The van der Waals surface area contributed by atoms with Crippen molar-refractivity contribution in [3.63, 3.8) is 0 Å². The largest absolute Gasteiger partial charge is 0.481 e. The van der Waals surface area contributed by atoms with E-state index in [0.29, 0.717) is 5.92 Å². The van der Waals surface area contributed by atoms with E-state index in [1.807, 2.05) is 0 Å². The molecule has 0 aromatic rings. The molecule has 17 heavy (non-hydrogen) atoms. The second kappa shape index (κ2) is 5.36. The van der Waals surface area contributed by atoms with Gasteiger partial charge in [-0.3, -0.25) is 4.79 Å². The molecule has 0 aromatic carbocycles. The van der Waals surface area contributed by atoms with Gasteiger partial charge in [-0.15, -0.1) is 0 Å². The molecule has 0 radical (unpaired) electrons. The van der Waals surface area contributed by atoms with E-state index >= 15 is 0 Å². The van der Waals surface area contributed by atoms with Gasteiger partial charge in [0.2, 0.25) is 0 Å². The summed E-state index contributed by atoms with van der Waals surface area (Å²) in [4.78, 5) is 15.5. The molecule has 1 heterocycles. The third-order valence-electron chi connectivity index (χ3n) is 4.19. The first-order valence-electron chi connectivity index (χ1n) is 6.66. The van der Waals surface area contributed by atoms with Crippen molar-refractivity contribution >= 4 is 5.97 Å². The summed E-state index contributed by atoms with van der Waals surface area (Å²) in [6.07, 6.45) is 3.45. The van der Waals surface area contributed by atoms with Gasteiger partial charge in [0.1, 0.15) is 0 Å². The fourth-order valence-corrected chi connectivity index (χ4v) is 2.91. The smallest absolute Gasteiger partial charge is 0.306 e. The molecule has 0 aromatic heterocycles. The summed E-state index contributed by atoms with van der Waals surface area (Å²) >= 11 is 0. The molecule has 2 unspecified atom stereocenters. The van der Waals surface area contributed by atoms with Gasteiger partial charge in [-0.1, -0.05) is 0 Å². The van der Waals surface area contributed by atoms with Crippen LogP contribution in [0.1, 0.15) is 19.3 Å². The normalized spacial score (nSPS) is 30.8. The van der Waals surface area contributed by atoms with Gasteiger partial charge in [-0.2, -0.15) is 0 Å². The number of likely N-dealkylation sites (tertiary alicyclic amines) is 1. The van der Waals surface area contributed by atoms with Crippen molar-refractivity contribution in [3.8, 4) is 0 Å². The van der Waals surface area contributed by atoms with Crippen LogP contribution in [0.5, 0.6) is 0 Å². The zero-order valence-electron chi connectivity index (χ0n) is 10.9. The molecule has 0 bridgehead atoms. The molecule has 2 aliphatic rings. The zero-order valence-corrected chi connectivity index (χ0v) is 10.9. The van der Waals surface area contributed by atoms with Gasteiger partial charge in [-0.25, -0.2) is 0 Å². The summed E-state index contributed by atoms with van der Waals surface area (Å²) < 4.78 is 0. The molecule has 2 fully saturated rings. The lowest BCUT2D eigenvalue weighted by Crippen LogP contribution is -2.36. The minimum atomic E-state index is -0.609. The fraction of sp³-hybridized carbons (Fsp3) is 0.923. The third-order valence-corrected chi connectivity index (χ3v) is 4.19. The highest BCUT2D eigenvalue weighted by atomic mass is 16.4. The van der Waals surface area contributed by atoms with Crippen LogP contribution in [0.3, 0.4) is 0 Å². The summed E-state index contributed by atoms with van der Waals surface area (Å²) in [6, 6.07) is 0. The molecule has 1 N–H and O–H groups in total. The molecule has 2 rings (SSSR count). The van der Waals surface area contributed by atoms with Gasteiger partial charge < -0.3 is 14.9 Å². The van der Waals surface area contributed by atoms with Crippen LogP contribution in [-0.4, -0.2) is 61.2 Å². The summed E-state index contributed by atoms with van der Waals surface area (Å²) in [7, 11) is 4.32. The maximum Gasteiger partial charge on any atom is 0.306 e. The summed E-state index contributed by atoms with van der Waals surface area (Å²) in [5, 5.41) is 8.86. The molecule has 1 saturated heterocycles. The topological polar surface area (TPSA) is 43.8 Å². The van der Waals surface area contributed by atoms with Crippen molar-refractivity contribution < 1.29 is 9.90 Å². The zero-order chi connectivity index (χ0) is 12.4. The number of aliphatic carboxylic acids is 1. The van der Waals surface area contributed by atoms with Gasteiger partial charge in [0.15, 0.2) is 0 Å². The van der Waals surface area contributed by atoms with E-state index in [9.17, 15) is 4.79 Å². The monoisotopic (exact) mass is 240 g/mol. The Labute approximate surface area is 104 Å². The summed E-state index contributed by atoms with van der Waals surface area (Å²) in [6.45, 7) is 4.51. The average molecular weight is 240 g/mol. The Kier molecular flexibility index (Phi) is 4.05. The molecular weight excluding hydrogens is 216 g/mol. The second-order valence-electron chi connectivity index (χ2n) is 5.91. The number of piperidine rings is 1. The standard InChI is InChI=1S/C13H24N2O2/c1-14-5-3-10(4-6-14)8-15(2)9-11-7-12(11)13(16)17/h10-12H,3-9H2,1-2H3,(H,16,17). The van der Waals surface area contributed by atoms with Crippen molar-refractivity contribution in [2.45, 2.75) is 19.3 Å². The van der Waals surface area contributed by atoms with Crippen LogP contribution < -0.4 is 0 Å². The molecule has 1 aliphatic heterocycles. The van der Waals surface area contributed by atoms with E-state index in [0.717, 1.165) is 25.4 Å². The molecule has 1 saturated carbocycles. The van der Waals surface area contributed by atoms with Crippen LogP contribution in [0.15, 0.2) is 0 Å². The van der Waals surface area contributed by atoms with Crippen LogP contribution >= 0.6 is 0 Å². The van der Waals surface area contributed by atoms with Gasteiger partial charge in [0.25, 0.3) is 0 Å². The Hall–Kier alpha value is -0.610. The predicted molar refractivity (Wildman–Crippen MR) is 67.0 cm³/mol. The number of rotatable bonds is 5. The molecule has 2 atom stereocenters. The van der Waals surface area contributed by atoms with Gasteiger partial charge in [-0.05, 0) is 58.3 Å². The minimum absolute atomic E-state index is 0.0602. The number of carboxylic acids is 1. The molecule has 0 spiro atoms. The lowest BCUT2D eigenvalue weighted by atomic mass is 9.96. The number of carboxylic acid groups (broad SMARTS) is 1. The second-order valence-corrected chi connectivity index (χ2v) is 5.91. The maximum atomic E-state index is 10.8. The van der Waals surface area contributed by atoms with Crippen LogP contribution in [0.2, 0.25) is 0 Å². The molecule has 0 amide bonds. The highest BCUT2D eigenvalue weighted by Crippen LogP contribution is 2.39. The third kappa shape index (κ3) is 3.68. The number of nitrogens with zero attached hydrogens (tertiary/aromatic N) is 2. The Bertz CT molecular complexity index is 275. The Balaban J connectivity index is 1.64. The van der Waals surface area contributed by atoms with Crippen LogP contribution in [0.25, 0.3) is 0 Å². The molecule has 1 aliphatic carbocycles. The molecular formula is C13H24N2O2. The van der Waals surface area contributed by atoms with E-state index < -0.39 is 5.97 Å². The highest BCUT2D eigenvalue weighted by molar-refractivity contribution is 5.73. The van der Waals surface area contributed by atoms with Gasteiger partial charge >= 0.3 is 5.97 Å². The fourth-order valence-electron chi connectivity index (χ4n) is 2.91. The van der Waals surface area contributed by atoms with Gasteiger partial charge in [0, 0.05) is 13.1 Å². The quantitative estimate of drug-likeness (QED) is 0.778. The first-order chi connectivity index (χ1) is 8.06. The molecule has 4 nitrogen and oxygen atoms in total. The van der Waals surface area contributed by atoms with Crippen LogP contribution in [-0.2, 0) is 4.79 Å². The Morgan fingerprint density at radius 2 is 2.00 bits per heavy atom. The van der Waals surface area contributed by atoms with E-state index in [2.05, 4.69) is 23.9 Å². The lowest BCUT2D eigenvalue weighted by Gasteiger charge is -2.31. The molecule has 4 heteroatoms. The van der Waals surface area contributed by atoms with Crippen molar-refractivity contribution in [2.75, 3.05) is 40.3 Å².